The summed E-state index contributed by atoms with van der Waals surface area (Å²) < 4.78 is 6.65. The van der Waals surface area contributed by atoms with Crippen LogP contribution in [0.2, 0.25) is 0 Å². The van der Waals surface area contributed by atoms with Gasteiger partial charge in [0.25, 0.3) is 0 Å². The highest BCUT2D eigenvalue weighted by molar-refractivity contribution is 7.17. The average molecular weight is 405 g/mol. The highest BCUT2D eigenvalue weighted by Crippen LogP contribution is 2.30. The zero-order valence-electron chi connectivity index (χ0n) is 15.9. The number of rotatable bonds is 4. The van der Waals surface area contributed by atoms with E-state index in [9.17, 15) is 4.79 Å². The quantitative estimate of drug-likeness (QED) is 0.516. The molecule has 1 fully saturated rings. The molecule has 7 nitrogen and oxygen atoms in total. The Hall–Kier alpha value is -3.13. The summed E-state index contributed by atoms with van der Waals surface area (Å²) >= 11 is 1.69. The van der Waals surface area contributed by atoms with Gasteiger partial charge in [0, 0.05) is 30.2 Å². The largest absolute Gasteiger partial charge is 0.342 e. The number of thiophene rings is 1. The smallest absolute Gasteiger partial charge is 0.240 e. The van der Waals surface area contributed by atoms with Crippen molar-refractivity contribution in [2.75, 3.05) is 13.1 Å². The van der Waals surface area contributed by atoms with E-state index in [1.807, 2.05) is 4.90 Å². The summed E-state index contributed by atoms with van der Waals surface area (Å²) in [5.41, 5.74) is 2.31. The highest BCUT2D eigenvalue weighted by atomic mass is 32.1. The van der Waals surface area contributed by atoms with Gasteiger partial charge < -0.3 is 9.42 Å². The van der Waals surface area contributed by atoms with Gasteiger partial charge in [0.15, 0.2) is 0 Å². The van der Waals surface area contributed by atoms with E-state index in [1.165, 1.54) is 15.6 Å². The van der Waals surface area contributed by atoms with Crippen molar-refractivity contribution in [3.8, 4) is 11.6 Å². The minimum Gasteiger partial charge on any atom is -0.342 e. The fourth-order valence-electron chi connectivity index (χ4n) is 3.70. The molecule has 1 amide bonds. The molecule has 0 bridgehead atoms. The maximum absolute atomic E-state index is 12.9. The van der Waals surface area contributed by atoms with Crippen molar-refractivity contribution in [3.05, 3.63) is 59.1 Å². The van der Waals surface area contributed by atoms with Crippen molar-refractivity contribution in [3.63, 3.8) is 0 Å². The molecule has 3 aromatic heterocycles. The van der Waals surface area contributed by atoms with E-state index in [2.05, 4.69) is 50.6 Å². The van der Waals surface area contributed by atoms with Gasteiger partial charge in [0.1, 0.15) is 0 Å². The van der Waals surface area contributed by atoms with Crippen LogP contribution >= 0.6 is 11.3 Å². The molecule has 1 aliphatic heterocycles. The number of amides is 1. The molecule has 0 aliphatic carbocycles. The van der Waals surface area contributed by atoms with Crippen LogP contribution in [-0.4, -0.2) is 44.0 Å². The minimum atomic E-state index is 0.0466. The third-order valence-electron chi connectivity index (χ3n) is 5.25. The van der Waals surface area contributed by atoms with Gasteiger partial charge in [0.2, 0.25) is 23.4 Å². The number of benzene rings is 1. The topological polar surface area (TPSA) is 85.0 Å². The molecule has 0 radical (unpaired) electrons. The van der Waals surface area contributed by atoms with E-state index >= 15 is 0 Å². The first-order valence-electron chi connectivity index (χ1n) is 9.53. The molecule has 4 heterocycles. The zero-order valence-corrected chi connectivity index (χ0v) is 16.7. The number of hydrogen-bond acceptors (Lipinski definition) is 7. The van der Waals surface area contributed by atoms with Gasteiger partial charge in [-0.1, -0.05) is 22.9 Å². The van der Waals surface area contributed by atoms with Gasteiger partial charge in [-0.05, 0) is 41.8 Å². The first-order chi connectivity index (χ1) is 14.2. The van der Waals surface area contributed by atoms with Gasteiger partial charge in [0.05, 0.1) is 12.3 Å². The van der Waals surface area contributed by atoms with Crippen LogP contribution in [0.4, 0.5) is 0 Å². The lowest BCUT2D eigenvalue weighted by Gasteiger charge is -2.15. The highest BCUT2D eigenvalue weighted by Gasteiger charge is 2.31. The summed E-state index contributed by atoms with van der Waals surface area (Å²) in [6.45, 7) is 3.37. The lowest BCUT2D eigenvalue weighted by molar-refractivity contribution is -0.129. The Kier molecular flexibility index (Phi) is 4.55. The fraction of sp³-hybridized carbons (Fsp3) is 0.286. The predicted octanol–water partition coefficient (Wildman–Crippen LogP) is 3.61. The fourth-order valence-corrected chi connectivity index (χ4v) is 4.65. The average Bonchev–Trinajstić information content (AvgIpc) is 3.48. The van der Waals surface area contributed by atoms with E-state index < -0.39 is 0 Å². The molecule has 5 rings (SSSR count). The van der Waals surface area contributed by atoms with Crippen LogP contribution in [0.3, 0.4) is 0 Å². The minimum absolute atomic E-state index is 0.0466. The molecule has 1 aliphatic rings. The Balaban J connectivity index is 1.27. The summed E-state index contributed by atoms with van der Waals surface area (Å²) in [6.07, 6.45) is 4.52. The third kappa shape index (κ3) is 3.51. The maximum atomic E-state index is 12.9. The Morgan fingerprint density at radius 2 is 2.14 bits per heavy atom. The Bertz CT molecular complexity index is 1170. The van der Waals surface area contributed by atoms with Gasteiger partial charge in [-0.2, -0.15) is 4.98 Å². The van der Waals surface area contributed by atoms with Crippen molar-refractivity contribution in [1.29, 1.82) is 0 Å². The van der Waals surface area contributed by atoms with Crippen LogP contribution < -0.4 is 0 Å². The van der Waals surface area contributed by atoms with E-state index in [0.717, 1.165) is 12.0 Å². The summed E-state index contributed by atoms with van der Waals surface area (Å²) in [5, 5.41) is 7.27. The van der Waals surface area contributed by atoms with Crippen molar-refractivity contribution < 1.29 is 9.32 Å². The number of carbonyl (C=O) groups is 1. The summed E-state index contributed by atoms with van der Waals surface area (Å²) in [5.74, 6) is 1.54. The van der Waals surface area contributed by atoms with Crippen molar-refractivity contribution in [1.82, 2.24) is 25.0 Å². The monoisotopic (exact) mass is 405 g/mol. The molecule has 1 atom stereocenters. The van der Waals surface area contributed by atoms with Crippen LogP contribution in [0.1, 0.15) is 29.4 Å². The first-order valence-corrected chi connectivity index (χ1v) is 10.4. The van der Waals surface area contributed by atoms with E-state index in [4.69, 9.17) is 4.52 Å². The summed E-state index contributed by atoms with van der Waals surface area (Å²) in [4.78, 5) is 27.5. The van der Waals surface area contributed by atoms with Crippen molar-refractivity contribution >= 4 is 27.3 Å². The normalized spacial score (nSPS) is 16.6. The molecule has 0 spiro atoms. The number of aromatic nitrogens is 4. The molecule has 0 saturated carbocycles. The van der Waals surface area contributed by atoms with E-state index in [0.29, 0.717) is 37.0 Å². The van der Waals surface area contributed by atoms with Gasteiger partial charge >= 0.3 is 0 Å². The van der Waals surface area contributed by atoms with Crippen molar-refractivity contribution in [2.45, 2.75) is 25.7 Å². The van der Waals surface area contributed by atoms with Crippen LogP contribution in [0, 0.1) is 6.92 Å². The molecule has 1 aromatic carbocycles. The molecule has 1 saturated heterocycles. The first kappa shape index (κ1) is 17.9. The zero-order chi connectivity index (χ0) is 19.8. The Morgan fingerprint density at radius 1 is 1.28 bits per heavy atom. The second-order valence-corrected chi connectivity index (χ2v) is 8.20. The van der Waals surface area contributed by atoms with Crippen LogP contribution in [0.5, 0.6) is 0 Å². The molecular formula is C21H19N5O2S. The number of aryl methyl sites for hydroxylation is 1. The summed E-state index contributed by atoms with van der Waals surface area (Å²) in [7, 11) is 0. The number of carbonyl (C=O) groups excluding carboxylic acids is 1. The van der Waals surface area contributed by atoms with Gasteiger partial charge in [-0.25, -0.2) is 9.97 Å². The predicted molar refractivity (Wildman–Crippen MR) is 110 cm³/mol. The number of nitrogens with zero attached hydrogens (tertiary/aromatic N) is 5. The number of hydrogen-bond donors (Lipinski definition) is 0. The maximum Gasteiger partial charge on any atom is 0.240 e. The molecule has 146 valence electrons. The van der Waals surface area contributed by atoms with Crippen molar-refractivity contribution in [2.24, 2.45) is 0 Å². The molecular weight excluding hydrogens is 386 g/mol. The lowest BCUT2D eigenvalue weighted by Crippen LogP contribution is -2.29. The summed E-state index contributed by atoms with van der Waals surface area (Å²) in [6, 6.07) is 8.13. The molecule has 8 heteroatoms. The molecule has 1 unspecified atom stereocenters. The standard InChI is InChI=1S/C21H19N5O2S/c1-13-3-4-17-16(9-13)15(12-29-17)10-18(27)26-8-5-14(11-26)21-24-20(25-28-21)19-22-6-2-7-23-19/h2-4,6-7,9,12,14H,5,8,10-11H2,1H3. The Morgan fingerprint density at radius 3 is 3.00 bits per heavy atom. The SMILES string of the molecule is Cc1ccc2scc(CC(=O)N3CCC(c4nc(-c5ncccn5)no4)C3)c2c1. The third-order valence-corrected chi connectivity index (χ3v) is 6.26. The van der Waals surface area contributed by atoms with E-state index in [1.54, 1.807) is 29.8 Å². The number of fused-ring (bicyclic) bond motifs is 1. The van der Waals surface area contributed by atoms with Crippen LogP contribution in [0.15, 0.2) is 46.6 Å². The van der Waals surface area contributed by atoms with E-state index in [-0.39, 0.29) is 11.8 Å². The second-order valence-electron chi connectivity index (χ2n) is 7.29. The second kappa shape index (κ2) is 7.36. The van der Waals surface area contributed by atoms with Crippen LogP contribution in [-0.2, 0) is 11.2 Å². The molecule has 4 aromatic rings. The molecule has 0 N–H and O–H groups in total. The van der Waals surface area contributed by atoms with Gasteiger partial charge in [-0.3, -0.25) is 4.79 Å². The Labute approximate surface area is 171 Å². The van der Waals surface area contributed by atoms with Crippen LogP contribution in [0.25, 0.3) is 21.7 Å². The van der Waals surface area contributed by atoms with Gasteiger partial charge in [-0.15, -0.1) is 11.3 Å². The lowest BCUT2D eigenvalue weighted by atomic mass is 10.1. The number of likely N-dealkylation sites (tertiary alicyclic amines) is 1. The molecule has 29 heavy (non-hydrogen) atoms.